The lowest BCUT2D eigenvalue weighted by Crippen LogP contribution is -2.63. The van der Waals surface area contributed by atoms with Crippen LogP contribution in [0.5, 0.6) is 0 Å². The quantitative estimate of drug-likeness (QED) is 0.637. The van der Waals surface area contributed by atoms with Crippen molar-refractivity contribution in [2.75, 3.05) is 19.3 Å². The molecule has 0 radical (unpaired) electrons. The number of rotatable bonds is 2. The minimum absolute atomic E-state index is 0.175. The number of nitrogens with two attached hydrogens (primary N) is 1. The van der Waals surface area contributed by atoms with E-state index in [-0.39, 0.29) is 13.1 Å². The molecule has 0 saturated carbocycles. The number of primary amides is 1. The van der Waals surface area contributed by atoms with Crippen molar-refractivity contribution < 1.29 is 17.9 Å². The van der Waals surface area contributed by atoms with E-state index >= 15 is 0 Å². The van der Waals surface area contributed by atoms with Crippen LogP contribution in [0.15, 0.2) is 0 Å². The third-order valence-electron chi connectivity index (χ3n) is 1.84. The summed E-state index contributed by atoms with van der Waals surface area (Å²) < 4.78 is 27.8. The molecule has 0 aromatic carbocycles. The number of carbonyl (C=O) groups excluding carboxylic acids is 1. The van der Waals surface area contributed by atoms with Crippen molar-refractivity contribution in [1.82, 2.24) is 4.31 Å². The molecule has 1 aliphatic rings. The van der Waals surface area contributed by atoms with Gasteiger partial charge in [-0.25, -0.2) is 13.2 Å². The first-order valence-electron chi connectivity index (χ1n) is 3.66. The lowest BCUT2D eigenvalue weighted by atomic mass is 10.0. The minimum atomic E-state index is -3.17. The Morgan fingerprint density at radius 1 is 1.54 bits per heavy atom. The first kappa shape index (κ1) is 10.3. The Morgan fingerprint density at radius 3 is 2.31 bits per heavy atom. The van der Waals surface area contributed by atoms with E-state index in [0.29, 0.717) is 0 Å². The van der Waals surface area contributed by atoms with Gasteiger partial charge in [-0.1, -0.05) is 0 Å². The maximum absolute atomic E-state index is 10.9. The third-order valence-corrected chi connectivity index (χ3v) is 3.03. The average molecular weight is 208 g/mol. The van der Waals surface area contributed by atoms with Crippen LogP contribution in [0.3, 0.4) is 0 Å². The highest BCUT2D eigenvalue weighted by Crippen LogP contribution is 2.26. The summed E-state index contributed by atoms with van der Waals surface area (Å²) >= 11 is 0. The summed E-state index contributed by atoms with van der Waals surface area (Å²) in [7, 11) is -3.17. The van der Waals surface area contributed by atoms with Gasteiger partial charge in [-0.05, 0) is 6.92 Å². The first-order chi connectivity index (χ1) is 5.73. The Labute approximate surface area is 76.7 Å². The molecule has 0 aliphatic carbocycles. The molecule has 76 valence electrons. The molecule has 6 nitrogen and oxygen atoms in total. The van der Waals surface area contributed by atoms with Crippen molar-refractivity contribution in [1.29, 1.82) is 0 Å². The number of amides is 1. The zero-order chi connectivity index (χ0) is 10.3. The third kappa shape index (κ3) is 2.31. The van der Waals surface area contributed by atoms with Crippen LogP contribution in [0.4, 0.5) is 4.79 Å². The normalized spacial score (nSPS) is 22.0. The first-order valence-corrected chi connectivity index (χ1v) is 5.51. The average Bonchev–Trinajstić information content (AvgIpc) is 1.78. The van der Waals surface area contributed by atoms with Gasteiger partial charge in [-0.3, -0.25) is 0 Å². The van der Waals surface area contributed by atoms with Crippen molar-refractivity contribution in [3.05, 3.63) is 0 Å². The Hall–Kier alpha value is -0.820. The highest BCUT2D eigenvalue weighted by atomic mass is 32.2. The Balaban J connectivity index is 2.53. The molecule has 0 bridgehead atoms. The highest BCUT2D eigenvalue weighted by molar-refractivity contribution is 7.88. The molecule has 0 aromatic heterocycles. The van der Waals surface area contributed by atoms with E-state index in [4.69, 9.17) is 10.5 Å². The monoisotopic (exact) mass is 208 g/mol. The SMILES string of the molecule is CC1(OC(N)=O)CN(S(C)(=O)=O)C1. The van der Waals surface area contributed by atoms with Gasteiger partial charge >= 0.3 is 6.09 Å². The van der Waals surface area contributed by atoms with Gasteiger partial charge in [0.2, 0.25) is 10.0 Å². The van der Waals surface area contributed by atoms with Crippen molar-refractivity contribution in [2.24, 2.45) is 5.73 Å². The van der Waals surface area contributed by atoms with Crippen LogP contribution in [0.2, 0.25) is 0 Å². The molecule has 0 spiro atoms. The largest absolute Gasteiger partial charge is 0.441 e. The molecular weight excluding hydrogens is 196 g/mol. The van der Waals surface area contributed by atoms with Gasteiger partial charge in [0.05, 0.1) is 19.3 Å². The predicted molar refractivity (Wildman–Crippen MR) is 45.5 cm³/mol. The Morgan fingerprint density at radius 2 is 2.00 bits per heavy atom. The fourth-order valence-corrected chi connectivity index (χ4v) is 2.26. The van der Waals surface area contributed by atoms with Crippen LogP contribution in [-0.4, -0.2) is 43.8 Å². The van der Waals surface area contributed by atoms with Crippen molar-refractivity contribution in [3.63, 3.8) is 0 Å². The van der Waals surface area contributed by atoms with Crippen molar-refractivity contribution >= 4 is 16.1 Å². The molecule has 0 atom stereocenters. The van der Waals surface area contributed by atoms with E-state index in [0.717, 1.165) is 6.26 Å². The number of carbonyl (C=O) groups is 1. The van der Waals surface area contributed by atoms with Gasteiger partial charge in [0.1, 0.15) is 5.60 Å². The summed E-state index contributed by atoms with van der Waals surface area (Å²) in [6.45, 7) is 1.99. The van der Waals surface area contributed by atoms with Crippen LogP contribution in [0, 0.1) is 0 Å². The molecule has 1 amide bonds. The van der Waals surface area contributed by atoms with Crippen molar-refractivity contribution in [2.45, 2.75) is 12.5 Å². The molecular formula is C6H12N2O4S. The van der Waals surface area contributed by atoms with Gasteiger partial charge < -0.3 is 10.5 Å². The van der Waals surface area contributed by atoms with E-state index in [1.54, 1.807) is 6.92 Å². The zero-order valence-corrected chi connectivity index (χ0v) is 8.30. The summed E-state index contributed by atoms with van der Waals surface area (Å²) in [5.41, 5.74) is 4.06. The number of sulfonamides is 1. The van der Waals surface area contributed by atoms with Crippen LogP contribution < -0.4 is 5.73 Å². The number of ether oxygens (including phenoxy) is 1. The Bertz CT molecular complexity index is 318. The van der Waals surface area contributed by atoms with Gasteiger partial charge in [-0.2, -0.15) is 4.31 Å². The fourth-order valence-electron chi connectivity index (χ4n) is 1.24. The van der Waals surface area contributed by atoms with E-state index in [1.165, 1.54) is 4.31 Å². The van der Waals surface area contributed by atoms with Crippen LogP contribution in [0.1, 0.15) is 6.92 Å². The molecule has 1 fully saturated rings. The summed E-state index contributed by atoms with van der Waals surface area (Å²) in [5, 5.41) is 0. The van der Waals surface area contributed by atoms with E-state index in [9.17, 15) is 13.2 Å². The summed E-state index contributed by atoms with van der Waals surface area (Å²) in [6, 6.07) is 0. The smallest absolute Gasteiger partial charge is 0.405 e. The maximum Gasteiger partial charge on any atom is 0.405 e. The lowest BCUT2D eigenvalue weighted by Gasteiger charge is -2.44. The number of hydrogen-bond acceptors (Lipinski definition) is 4. The zero-order valence-electron chi connectivity index (χ0n) is 7.48. The summed E-state index contributed by atoms with van der Waals surface area (Å²) in [6.07, 6.45) is 0.229. The lowest BCUT2D eigenvalue weighted by molar-refractivity contribution is -0.0509. The molecule has 0 aromatic rings. The fraction of sp³-hybridized carbons (Fsp3) is 0.833. The summed E-state index contributed by atoms with van der Waals surface area (Å²) in [4.78, 5) is 10.4. The van der Waals surface area contributed by atoms with E-state index in [2.05, 4.69) is 0 Å². The van der Waals surface area contributed by atoms with Gasteiger partial charge in [-0.15, -0.1) is 0 Å². The molecule has 13 heavy (non-hydrogen) atoms. The number of nitrogens with zero attached hydrogens (tertiary/aromatic N) is 1. The second-order valence-corrected chi connectivity index (χ2v) is 5.38. The molecule has 1 aliphatic heterocycles. The highest BCUT2D eigenvalue weighted by Gasteiger charge is 2.46. The molecule has 7 heteroatoms. The Kier molecular flexibility index (Phi) is 2.25. The molecule has 1 rings (SSSR count). The second kappa shape index (κ2) is 2.85. The maximum atomic E-state index is 10.9. The predicted octanol–water partition coefficient (Wildman–Crippen LogP) is -0.884. The summed E-state index contributed by atoms with van der Waals surface area (Å²) in [5.74, 6) is 0. The van der Waals surface area contributed by atoms with Crippen LogP contribution in [-0.2, 0) is 14.8 Å². The van der Waals surface area contributed by atoms with Crippen molar-refractivity contribution in [3.8, 4) is 0 Å². The minimum Gasteiger partial charge on any atom is -0.441 e. The van der Waals surface area contributed by atoms with Crippen LogP contribution in [0.25, 0.3) is 0 Å². The standard InChI is InChI=1S/C6H12N2O4S/c1-6(12-5(7)9)3-8(4-6)13(2,10)11/h3-4H2,1-2H3,(H2,7,9). The molecule has 1 heterocycles. The molecule has 0 unspecified atom stereocenters. The number of hydrogen-bond donors (Lipinski definition) is 1. The van der Waals surface area contributed by atoms with Gasteiger partial charge in [0.15, 0.2) is 0 Å². The van der Waals surface area contributed by atoms with Gasteiger partial charge in [0, 0.05) is 0 Å². The van der Waals surface area contributed by atoms with E-state index in [1.807, 2.05) is 0 Å². The molecule has 2 N–H and O–H groups in total. The second-order valence-electron chi connectivity index (χ2n) is 3.40. The van der Waals surface area contributed by atoms with Crippen LogP contribution >= 0.6 is 0 Å². The molecule has 1 saturated heterocycles. The topological polar surface area (TPSA) is 89.7 Å². The van der Waals surface area contributed by atoms with E-state index < -0.39 is 21.7 Å². The van der Waals surface area contributed by atoms with Gasteiger partial charge in [0.25, 0.3) is 0 Å².